The van der Waals surface area contributed by atoms with Crippen LogP contribution < -0.4 is 10.6 Å². The van der Waals surface area contributed by atoms with Crippen LogP contribution >= 0.6 is 11.8 Å². The zero-order chi connectivity index (χ0) is 21.5. The van der Waals surface area contributed by atoms with Crippen LogP contribution in [-0.4, -0.2) is 25.6 Å². The van der Waals surface area contributed by atoms with Crippen LogP contribution in [0.4, 0.5) is 10.5 Å². The summed E-state index contributed by atoms with van der Waals surface area (Å²) in [5.41, 5.74) is 2.87. The summed E-state index contributed by atoms with van der Waals surface area (Å²) >= 11 is 1.44. The Morgan fingerprint density at radius 3 is 2.61 bits per heavy atom. The average molecular weight is 431 g/mol. The highest BCUT2D eigenvalue weighted by atomic mass is 32.2. The molecule has 3 aromatic heterocycles. The Hall–Kier alpha value is -3.65. The number of nitrogens with zero attached hydrogens (tertiary/aromatic N) is 4. The Morgan fingerprint density at radius 1 is 0.935 bits per heavy atom. The summed E-state index contributed by atoms with van der Waals surface area (Å²) in [5, 5.41) is 7.38. The van der Waals surface area contributed by atoms with E-state index in [0.717, 1.165) is 33.5 Å². The van der Waals surface area contributed by atoms with Gasteiger partial charge < -0.3 is 15.2 Å². The highest BCUT2D eigenvalue weighted by Crippen LogP contribution is 2.25. The lowest BCUT2D eigenvalue weighted by atomic mass is 10.1. The Balaban J connectivity index is 1.32. The molecule has 156 valence electrons. The van der Waals surface area contributed by atoms with E-state index in [0.29, 0.717) is 12.2 Å². The molecule has 8 heteroatoms. The van der Waals surface area contributed by atoms with Crippen LogP contribution in [0, 0.1) is 6.92 Å². The molecule has 0 saturated carbocycles. The molecule has 2 amide bonds. The number of rotatable bonds is 7. The highest BCUT2D eigenvalue weighted by Gasteiger charge is 2.06. The van der Waals surface area contributed by atoms with Gasteiger partial charge in [-0.2, -0.15) is 0 Å². The Kier molecular flexibility index (Phi) is 6.59. The smallest absolute Gasteiger partial charge is 0.319 e. The second-order valence-electron chi connectivity index (χ2n) is 6.88. The number of hydrogen-bond acceptors (Lipinski definition) is 5. The zero-order valence-electron chi connectivity index (χ0n) is 17.0. The summed E-state index contributed by atoms with van der Waals surface area (Å²) in [6.07, 6.45) is 7.17. The fourth-order valence-corrected chi connectivity index (χ4v) is 3.79. The molecule has 0 radical (unpaired) electrons. The van der Waals surface area contributed by atoms with Crippen molar-refractivity contribution in [2.45, 2.75) is 30.1 Å². The number of urea groups is 1. The third-order valence-corrected chi connectivity index (χ3v) is 5.44. The molecule has 0 spiro atoms. The van der Waals surface area contributed by atoms with Crippen LogP contribution in [0.25, 0.3) is 0 Å². The molecule has 0 fully saturated rings. The first-order chi connectivity index (χ1) is 15.2. The van der Waals surface area contributed by atoms with E-state index < -0.39 is 0 Å². The predicted molar refractivity (Wildman–Crippen MR) is 121 cm³/mol. The van der Waals surface area contributed by atoms with E-state index in [9.17, 15) is 4.79 Å². The van der Waals surface area contributed by atoms with Gasteiger partial charge in [-0.05, 0) is 42.3 Å². The van der Waals surface area contributed by atoms with Crippen LogP contribution in [0.2, 0.25) is 0 Å². The maximum Gasteiger partial charge on any atom is 0.319 e. The van der Waals surface area contributed by atoms with Gasteiger partial charge in [-0.25, -0.2) is 19.7 Å². The van der Waals surface area contributed by atoms with Crippen molar-refractivity contribution in [3.63, 3.8) is 0 Å². The van der Waals surface area contributed by atoms with Gasteiger partial charge >= 0.3 is 6.03 Å². The third-order valence-electron chi connectivity index (χ3n) is 4.56. The summed E-state index contributed by atoms with van der Waals surface area (Å²) in [7, 11) is 0. The Morgan fingerprint density at radius 2 is 1.81 bits per heavy atom. The van der Waals surface area contributed by atoms with Crippen molar-refractivity contribution >= 4 is 23.5 Å². The van der Waals surface area contributed by atoms with Crippen molar-refractivity contribution in [1.82, 2.24) is 24.8 Å². The van der Waals surface area contributed by atoms with Crippen LogP contribution in [0.15, 0.2) is 89.4 Å². The normalized spacial score (nSPS) is 10.6. The Bertz CT molecular complexity index is 1160. The number of aromatic nitrogens is 4. The van der Waals surface area contributed by atoms with Gasteiger partial charge in [-0.15, -0.1) is 0 Å². The van der Waals surface area contributed by atoms with Gasteiger partial charge in [-0.1, -0.05) is 42.1 Å². The summed E-state index contributed by atoms with van der Waals surface area (Å²) in [6.45, 7) is 3.16. The lowest BCUT2D eigenvalue weighted by Crippen LogP contribution is -2.28. The van der Waals surface area contributed by atoms with E-state index >= 15 is 0 Å². The molecule has 2 N–H and O–H groups in total. The van der Waals surface area contributed by atoms with Crippen molar-refractivity contribution in [3.8, 4) is 0 Å². The van der Waals surface area contributed by atoms with E-state index in [-0.39, 0.29) is 6.03 Å². The molecule has 0 aliphatic carbocycles. The van der Waals surface area contributed by atoms with Crippen LogP contribution in [0.5, 0.6) is 0 Å². The number of imidazole rings is 1. The maximum atomic E-state index is 12.4. The van der Waals surface area contributed by atoms with Crippen LogP contribution in [0.3, 0.4) is 0 Å². The number of aryl methyl sites for hydroxylation is 1. The molecule has 0 aliphatic rings. The minimum atomic E-state index is -0.268. The molecule has 7 nitrogen and oxygen atoms in total. The fourth-order valence-electron chi connectivity index (χ4n) is 3.02. The van der Waals surface area contributed by atoms with Gasteiger partial charge in [-0.3, -0.25) is 0 Å². The third kappa shape index (κ3) is 5.93. The van der Waals surface area contributed by atoms with Gasteiger partial charge in [0.05, 0.1) is 0 Å². The number of nitrogens with one attached hydrogen (secondary N) is 2. The van der Waals surface area contributed by atoms with Crippen LogP contribution in [0.1, 0.15) is 17.0 Å². The van der Waals surface area contributed by atoms with Gasteiger partial charge in [0.15, 0.2) is 0 Å². The zero-order valence-corrected chi connectivity index (χ0v) is 17.8. The molecule has 0 atom stereocenters. The SMILES string of the molecule is Cc1nccn1Cc1cccc(CNC(=O)Nc2ccnc(Sc3ccccn3)c2)c1. The monoisotopic (exact) mass is 430 g/mol. The minimum absolute atomic E-state index is 0.268. The second-order valence-corrected chi connectivity index (χ2v) is 7.92. The second kappa shape index (κ2) is 9.90. The quantitative estimate of drug-likeness (QED) is 0.451. The molecule has 31 heavy (non-hydrogen) atoms. The topological polar surface area (TPSA) is 84.7 Å². The van der Waals surface area contributed by atoms with Crippen molar-refractivity contribution in [1.29, 1.82) is 0 Å². The summed E-state index contributed by atoms with van der Waals surface area (Å²) < 4.78 is 2.09. The molecule has 4 rings (SSSR count). The molecular weight excluding hydrogens is 408 g/mol. The number of hydrogen-bond donors (Lipinski definition) is 2. The first-order valence-electron chi connectivity index (χ1n) is 9.81. The number of benzene rings is 1. The van der Waals surface area contributed by atoms with E-state index in [4.69, 9.17) is 0 Å². The van der Waals surface area contributed by atoms with Gasteiger partial charge in [0.25, 0.3) is 0 Å². The number of anilines is 1. The number of pyridine rings is 2. The molecule has 3 heterocycles. The van der Waals surface area contributed by atoms with E-state index in [1.165, 1.54) is 11.8 Å². The summed E-state index contributed by atoms with van der Waals surface area (Å²) in [6, 6.07) is 17.2. The molecule has 1 aromatic carbocycles. The van der Waals surface area contributed by atoms with Crippen molar-refractivity contribution < 1.29 is 4.79 Å². The van der Waals surface area contributed by atoms with E-state index in [1.807, 2.05) is 49.5 Å². The molecule has 4 aromatic rings. The fraction of sp³-hybridized carbons (Fsp3) is 0.130. The number of amides is 2. The van der Waals surface area contributed by atoms with Crippen molar-refractivity contribution in [2.75, 3.05) is 5.32 Å². The molecular formula is C23H22N6OS. The molecule has 0 aliphatic heterocycles. The van der Waals surface area contributed by atoms with Crippen molar-refractivity contribution in [2.24, 2.45) is 0 Å². The number of carbonyl (C=O) groups excluding carboxylic acids is 1. The van der Waals surface area contributed by atoms with Crippen molar-refractivity contribution in [3.05, 3.63) is 96.3 Å². The lowest BCUT2D eigenvalue weighted by molar-refractivity contribution is 0.251. The van der Waals surface area contributed by atoms with Gasteiger partial charge in [0.1, 0.15) is 15.9 Å². The lowest BCUT2D eigenvalue weighted by Gasteiger charge is -2.10. The average Bonchev–Trinajstić information content (AvgIpc) is 3.18. The summed E-state index contributed by atoms with van der Waals surface area (Å²) in [5.74, 6) is 0.973. The molecule has 0 unspecified atom stereocenters. The predicted octanol–water partition coefficient (Wildman–Crippen LogP) is 4.50. The minimum Gasteiger partial charge on any atom is -0.334 e. The standard InChI is InChI=1S/C23H22N6OS/c1-17-24-11-12-29(17)16-19-6-4-5-18(13-19)15-27-23(30)28-20-8-10-26-22(14-20)31-21-7-2-3-9-25-21/h2-14H,15-16H2,1H3,(H2,26,27,28,30). The summed E-state index contributed by atoms with van der Waals surface area (Å²) in [4.78, 5) is 25.2. The number of carbonyl (C=O) groups is 1. The molecule has 0 saturated heterocycles. The maximum absolute atomic E-state index is 12.4. The van der Waals surface area contributed by atoms with Gasteiger partial charge in [0, 0.05) is 43.6 Å². The van der Waals surface area contributed by atoms with E-state index in [1.54, 1.807) is 24.7 Å². The van der Waals surface area contributed by atoms with Gasteiger partial charge in [0.2, 0.25) is 0 Å². The van der Waals surface area contributed by atoms with E-state index in [2.05, 4.69) is 42.3 Å². The Labute approximate surface area is 185 Å². The highest BCUT2D eigenvalue weighted by molar-refractivity contribution is 7.99. The van der Waals surface area contributed by atoms with Crippen LogP contribution in [-0.2, 0) is 13.1 Å². The largest absolute Gasteiger partial charge is 0.334 e. The first-order valence-corrected chi connectivity index (χ1v) is 10.6. The molecule has 0 bridgehead atoms. The first kappa shape index (κ1) is 20.6.